The van der Waals surface area contributed by atoms with Gasteiger partial charge in [-0.05, 0) is 44.9 Å². The molecule has 21 heavy (non-hydrogen) atoms. The number of aromatic nitrogens is 2. The molecule has 0 aliphatic heterocycles. The average molecular weight is 372 g/mol. The number of nitrogens with zero attached hydrogens (tertiary/aromatic N) is 1. The van der Waals surface area contributed by atoms with Gasteiger partial charge < -0.3 is 0 Å². The van der Waals surface area contributed by atoms with Gasteiger partial charge in [0.1, 0.15) is 4.90 Å². The number of sulfonamides is 1. The molecule has 7 heteroatoms. The van der Waals surface area contributed by atoms with Crippen LogP contribution in [0.3, 0.4) is 0 Å². The van der Waals surface area contributed by atoms with Crippen LogP contribution in [0.25, 0.3) is 0 Å². The molecule has 1 aromatic heterocycles. The zero-order valence-corrected chi connectivity index (χ0v) is 14.5. The van der Waals surface area contributed by atoms with Crippen molar-refractivity contribution in [3.63, 3.8) is 0 Å². The Labute approximate surface area is 133 Å². The molecule has 5 nitrogen and oxygen atoms in total. The highest BCUT2D eigenvalue weighted by molar-refractivity contribution is 9.10. The molecule has 0 amide bonds. The quantitative estimate of drug-likeness (QED) is 0.848. The van der Waals surface area contributed by atoms with Crippen molar-refractivity contribution in [1.29, 1.82) is 0 Å². The second-order valence-corrected chi connectivity index (χ2v) is 7.68. The Morgan fingerprint density at radius 2 is 1.90 bits per heavy atom. The monoisotopic (exact) mass is 371 g/mol. The lowest BCUT2D eigenvalue weighted by atomic mass is 10.1. The van der Waals surface area contributed by atoms with Gasteiger partial charge in [-0.2, -0.15) is 5.10 Å². The summed E-state index contributed by atoms with van der Waals surface area (Å²) in [5.74, 6) is 0. The smallest absolute Gasteiger partial charge is 0.244 e. The molecule has 0 bridgehead atoms. The van der Waals surface area contributed by atoms with Gasteiger partial charge in [0.25, 0.3) is 0 Å². The van der Waals surface area contributed by atoms with E-state index in [1.165, 1.54) is 0 Å². The van der Waals surface area contributed by atoms with Crippen molar-refractivity contribution in [2.24, 2.45) is 0 Å². The summed E-state index contributed by atoms with van der Waals surface area (Å²) < 4.78 is 28.5. The lowest BCUT2D eigenvalue weighted by Gasteiger charge is -2.14. The molecule has 2 aromatic rings. The Balaban J connectivity index is 2.11. The molecular formula is C14H18BrN3O2S. The third kappa shape index (κ3) is 3.93. The Morgan fingerprint density at radius 3 is 2.43 bits per heavy atom. The normalized spacial score (nSPS) is 13.3. The molecule has 1 unspecified atom stereocenters. The van der Waals surface area contributed by atoms with Crippen molar-refractivity contribution in [3.8, 4) is 0 Å². The van der Waals surface area contributed by atoms with E-state index >= 15 is 0 Å². The van der Waals surface area contributed by atoms with Gasteiger partial charge in [-0.1, -0.05) is 28.1 Å². The van der Waals surface area contributed by atoms with E-state index in [0.717, 1.165) is 10.0 Å². The van der Waals surface area contributed by atoms with E-state index in [4.69, 9.17) is 0 Å². The molecule has 1 atom stereocenters. The van der Waals surface area contributed by atoms with Crippen LogP contribution in [0.5, 0.6) is 0 Å². The Bertz CT molecular complexity index is 704. The number of nitrogens with one attached hydrogen (secondary N) is 2. The Hall–Kier alpha value is -1.18. The maximum Gasteiger partial charge on any atom is 0.244 e. The van der Waals surface area contributed by atoms with E-state index < -0.39 is 10.0 Å². The number of rotatable bonds is 5. The van der Waals surface area contributed by atoms with Crippen molar-refractivity contribution < 1.29 is 8.42 Å². The number of aryl methyl sites for hydroxylation is 2. The van der Waals surface area contributed by atoms with Crippen molar-refractivity contribution in [2.45, 2.75) is 38.1 Å². The molecule has 0 saturated carbocycles. The molecule has 0 spiro atoms. The first-order chi connectivity index (χ1) is 9.79. The zero-order valence-electron chi connectivity index (χ0n) is 12.1. The fraction of sp³-hybridized carbons (Fsp3) is 0.357. The van der Waals surface area contributed by atoms with E-state index in [0.29, 0.717) is 17.8 Å². The number of aromatic amines is 1. The highest BCUT2D eigenvalue weighted by Gasteiger charge is 2.24. The first-order valence-electron chi connectivity index (χ1n) is 6.58. The van der Waals surface area contributed by atoms with Crippen LogP contribution >= 0.6 is 15.9 Å². The first-order valence-corrected chi connectivity index (χ1v) is 8.85. The summed E-state index contributed by atoms with van der Waals surface area (Å²) >= 11 is 3.38. The SMILES string of the molecule is Cc1n[nH]c(C)c1S(=O)(=O)NC(C)Cc1ccc(Br)cc1. The second kappa shape index (κ2) is 6.29. The van der Waals surface area contributed by atoms with Crippen LogP contribution in [0.15, 0.2) is 33.6 Å². The van der Waals surface area contributed by atoms with Gasteiger partial charge in [-0.25, -0.2) is 13.1 Å². The summed E-state index contributed by atoms with van der Waals surface area (Å²) in [4.78, 5) is 0.241. The lowest BCUT2D eigenvalue weighted by Crippen LogP contribution is -2.34. The number of halogens is 1. The minimum Gasteiger partial charge on any atom is -0.281 e. The van der Waals surface area contributed by atoms with E-state index in [-0.39, 0.29) is 10.9 Å². The van der Waals surface area contributed by atoms with Crippen molar-refractivity contribution in [3.05, 3.63) is 45.7 Å². The molecule has 0 aliphatic carbocycles. The van der Waals surface area contributed by atoms with Crippen LogP contribution in [0.2, 0.25) is 0 Å². The molecule has 114 valence electrons. The van der Waals surface area contributed by atoms with Crippen LogP contribution in [-0.2, 0) is 16.4 Å². The minimum atomic E-state index is -3.56. The van der Waals surface area contributed by atoms with Gasteiger partial charge >= 0.3 is 0 Å². The molecule has 1 heterocycles. The molecule has 0 aliphatic rings. The summed E-state index contributed by atoms with van der Waals surface area (Å²) in [5, 5.41) is 6.63. The highest BCUT2D eigenvalue weighted by Crippen LogP contribution is 2.18. The predicted octanol–water partition coefficient (Wildman–Crippen LogP) is 2.70. The van der Waals surface area contributed by atoms with E-state index in [1.807, 2.05) is 31.2 Å². The van der Waals surface area contributed by atoms with Gasteiger partial charge in [0.15, 0.2) is 0 Å². The van der Waals surface area contributed by atoms with Crippen molar-refractivity contribution in [2.75, 3.05) is 0 Å². The fourth-order valence-electron chi connectivity index (χ4n) is 2.28. The molecule has 0 saturated heterocycles. The predicted molar refractivity (Wildman–Crippen MR) is 85.7 cm³/mol. The summed E-state index contributed by atoms with van der Waals surface area (Å²) in [6.07, 6.45) is 0.627. The zero-order chi connectivity index (χ0) is 15.6. The van der Waals surface area contributed by atoms with E-state index in [2.05, 4.69) is 30.8 Å². The largest absolute Gasteiger partial charge is 0.281 e. The van der Waals surface area contributed by atoms with Crippen LogP contribution < -0.4 is 4.72 Å². The van der Waals surface area contributed by atoms with Gasteiger partial charge in [-0.3, -0.25) is 5.10 Å². The number of H-pyrrole nitrogens is 1. The second-order valence-electron chi connectivity index (χ2n) is 5.12. The molecule has 0 radical (unpaired) electrons. The fourth-order valence-corrected chi connectivity index (χ4v) is 4.15. The Kier molecular flexibility index (Phi) is 4.85. The van der Waals surface area contributed by atoms with E-state index in [9.17, 15) is 8.42 Å². The topological polar surface area (TPSA) is 74.8 Å². The van der Waals surface area contributed by atoms with Gasteiger partial charge in [0, 0.05) is 10.5 Å². The molecule has 2 rings (SSSR count). The number of benzene rings is 1. The maximum atomic E-state index is 12.4. The van der Waals surface area contributed by atoms with Gasteiger partial charge in [0.2, 0.25) is 10.0 Å². The first kappa shape index (κ1) is 16.2. The summed E-state index contributed by atoms with van der Waals surface area (Å²) in [6, 6.07) is 7.64. The molecular weight excluding hydrogens is 354 g/mol. The third-order valence-electron chi connectivity index (χ3n) is 3.14. The lowest BCUT2D eigenvalue weighted by molar-refractivity contribution is 0.558. The van der Waals surface area contributed by atoms with Crippen LogP contribution in [-0.4, -0.2) is 24.7 Å². The summed E-state index contributed by atoms with van der Waals surface area (Å²) in [7, 11) is -3.56. The minimum absolute atomic E-state index is 0.204. The summed E-state index contributed by atoms with van der Waals surface area (Å²) in [6.45, 7) is 5.23. The molecule has 2 N–H and O–H groups in total. The number of hydrogen-bond donors (Lipinski definition) is 2. The molecule has 0 fully saturated rings. The van der Waals surface area contributed by atoms with Crippen molar-refractivity contribution >= 4 is 26.0 Å². The third-order valence-corrected chi connectivity index (χ3v) is 5.52. The highest BCUT2D eigenvalue weighted by atomic mass is 79.9. The summed E-state index contributed by atoms with van der Waals surface area (Å²) in [5.41, 5.74) is 2.11. The standard InChI is InChI=1S/C14H18BrN3O2S/c1-9(8-12-4-6-13(15)7-5-12)18-21(19,20)14-10(2)16-17-11(14)3/h4-7,9,18H,8H2,1-3H3,(H,16,17). The Morgan fingerprint density at radius 1 is 1.29 bits per heavy atom. The van der Waals surface area contributed by atoms with Crippen LogP contribution in [0.4, 0.5) is 0 Å². The van der Waals surface area contributed by atoms with Crippen molar-refractivity contribution in [1.82, 2.24) is 14.9 Å². The van der Waals surface area contributed by atoms with Crippen LogP contribution in [0, 0.1) is 13.8 Å². The van der Waals surface area contributed by atoms with Gasteiger partial charge in [0.05, 0.1) is 11.4 Å². The average Bonchev–Trinajstić information content (AvgIpc) is 2.71. The van der Waals surface area contributed by atoms with Crippen LogP contribution in [0.1, 0.15) is 23.9 Å². The maximum absolute atomic E-state index is 12.4. The number of hydrogen-bond acceptors (Lipinski definition) is 3. The van der Waals surface area contributed by atoms with E-state index in [1.54, 1.807) is 13.8 Å². The molecule has 1 aromatic carbocycles. The van der Waals surface area contributed by atoms with Gasteiger partial charge in [-0.15, -0.1) is 0 Å².